The van der Waals surface area contributed by atoms with E-state index in [-0.39, 0.29) is 5.60 Å². The van der Waals surface area contributed by atoms with Crippen molar-refractivity contribution in [2.45, 2.75) is 77.9 Å². The van der Waals surface area contributed by atoms with Gasteiger partial charge in [0.15, 0.2) is 0 Å². The van der Waals surface area contributed by atoms with Crippen LogP contribution in [-0.2, 0) is 4.74 Å². The standard InChI is InChI=1S/C17H33NO/c1-13(2)18-12-14(3)15(4)16-7-10-19-17(11-16)8-5-6-9-17/h13-16,18H,5-12H2,1-4H3. The molecule has 2 rings (SSSR count). The van der Waals surface area contributed by atoms with Gasteiger partial charge in [-0.2, -0.15) is 0 Å². The summed E-state index contributed by atoms with van der Waals surface area (Å²) in [6.07, 6.45) is 7.98. The smallest absolute Gasteiger partial charge is 0.0685 e. The largest absolute Gasteiger partial charge is 0.375 e. The maximum atomic E-state index is 6.17. The monoisotopic (exact) mass is 267 g/mol. The van der Waals surface area contributed by atoms with Crippen LogP contribution in [0.2, 0.25) is 0 Å². The second-order valence-electron chi connectivity index (χ2n) is 7.39. The molecule has 1 N–H and O–H groups in total. The Morgan fingerprint density at radius 3 is 2.47 bits per heavy atom. The normalized spacial score (nSPS) is 29.8. The first-order valence-electron chi connectivity index (χ1n) is 8.40. The average Bonchev–Trinajstić information content (AvgIpc) is 2.83. The summed E-state index contributed by atoms with van der Waals surface area (Å²) < 4.78 is 6.17. The minimum absolute atomic E-state index is 0.280. The molecular weight excluding hydrogens is 234 g/mol. The Bertz CT molecular complexity index is 270. The van der Waals surface area contributed by atoms with Gasteiger partial charge in [-0.25, -0.2) is 0 Å². The summed E-state index contributed by atoms with van der Waals surface area (Å²) in [6, 6.07) is 0.602. The Kier molecular flexibility index (Phi) is 5.30. The van der Waals surface area contributed by atoms with E-state index in [1.165, 1.54) is 38.5 Å². The lowest BCUT2D eigenvalue weighted by Crippen LogP contribution is -2.41. The Labute approximate surface area is 119 Å². The van der Waals surface area contributed by atoms with Crippen molar-refractivity contribution < 1.29 is 4.74 Å². The van der Waals surface area contributed by atoms with Crippen molar-refractivity contribution in [3.63, 3.8) is 0 Å². The molecule has 1 heterocycles. The molecule has 0 radical (unpaired) electrons. The van der Waals surface area contributed by atoms with Crippen LogP contribution < -0.4 is 5.32 Å². The highest BCUT2D eigenvalue weighted by molar-refractivity contribution is 4.93. The van der Waals surface area contributed by atoms with Crippen molar-refractivity contribution in [3.8, 4) is 0 Å². The molecule has 1 aliphatic heterocycles. The second kappa shape index (κ2) is 6.58. The molecule has 0 aromatic carbocycles. The molecule has 19 heavy (non-hydrogen) atoms. The van der Waals surface area contributed by atoms with Crippen molar-refractivity contribution in [2.24, 2.45) is 17.8 Å². The molecule has 0 bridgehead atoms. The third-order valence-corrected chi connectivity index (χ3v) is 5.54. The van der Waals surface area contributed by atoms with Crippen LogP contribution in [0.1, 0.15) is 66.2 Å². The third-order valence-electron chi connectivity index (χ3n) is 5.54. The predicted octanol–water partition coefficient (Wildman–Crippen LogP) is 4.00. The third kappa shape index (κ3) is 3.95. The molecule has 2 heteroatoms. The Hall–Kier alpha value is -0.0800. The van der Waals surface area contributed by atoms with Crippen molar-refractivity contribution in [3.05, 3.63) is 0 Å². The molecular formula is C17H33NO. The minimum Gasteiger partial charge on any atom is -0.375 e. The van der Waals surface area contributed by atoms with Gasteiger partial charge < -0.3 is 10.1 Å². The molecule has 2 fully saturated rings. The molecule has 112 valence electrons. The topological polar surface area (TPSA) is 21.3 Å². The van der Waals surface area contributed by atoms with Crippen LogP contribution in [0.15, 0.2) is 0 Å². The molecule has 2 aliphatic rings. The van der Waals surface area contributed by atoms with Gasteiger partial charge in [0, 0.05) is 12.6 Å². The average molecular weight is 267 g/mol. The van der Waals surface area contributed by atoms with Crippen molar-refractivity contribution in [1.29, 1.82) is 0 Å². The maximum Gasteiger partial charge on any atom is 0.0685 e. The van der Waals surface area contributed by atoms with E-state index in [9.17, 15) is 0 Å². The van der Waals surface area contributed by atoms with E-state index in [0.29, 0.717) is 6.04 Å². The molecule has 0 amide bonds. The molecule has 3 atom stereocenters. The highest BCUT2D eigenvalue weighted by Gasteiger charge is 2.41. The van der Waals surface area contributed by atoms with Gasteiger partial charge in [-0.3, -0.25) is 0 Å². The molecule has 3 unspecified atom stereocenters. The maximum absolute atomic E-state index is 6.17. The van der Waals surface area contributed by atoms with E-state index in [0.717, 1.165) is 30.9 Å². The Morgan fingerprint density at radius 2 is 1.84 bits per heavy atom. The fourth-order valence-corrected chi connectivity index (χ4v) is 3.95. The fraction of sp³-hybridized carbons (Fsp3) is 1.00. The summed E-state index contributed by atoms with van der Waals surface area (Å²) in [5.41, 5.74) is 0.280. The van der Waals surface area contributed by atoms with E-state index in [4.69, 9.17) is 4.74 Å². The van der Waals surface area contributed by atoms with Crippen LogP contribution in [0.25, 0.3) is 0 Å². The van der Waals surface area contributed by atoms with Gasteiger partial charge in [0.2, 0.25) is 0 Å². The first kappa shape index (κ1) is 15.3. The highest BCUT2D eigenvalue weighted by atomic mass is 16.5. The van der Waals surface area contributed by atoms with E-state index in [1.807, 2.05) is 0 Å². The summed E-state index contributed by atoms with van der Waals surface area (Å²) in [6.45, 7) is 11.5. The molecule has 1 aliphatic carbocycles. The summed E-state index contributed by atoms with van der Waals surface area (Å²) in [4.78, 5) is 0. The molecule has 1 spiro atoms. The van der Waals surface area contributed by atoms with Crippen LogP contribution in [0, 0.1) is 17.8 Å². The molecule has 1 saturated heterocycles. The lowest BCUT2D eigenvalue weighted by atomic mass is 9.74. The summed E-state index contributed by atoms with van der Waals surface area (Å²) in [5.74, 6) is 2.45. The first-order chi connectivity index (χ1) is 9.02. The van der Waals surface area contributed by atoms with Crippen LogP contribution in [0.3, 0.4) is 0 Å². The quantitative estimate of drug-likeness (QED) is 0.813. The predicted molar refractivity (Wildman–Crippen MR) is 81.3 cm³/mol. The zero-order valence-corrected chi connectivity index (χ0v) is 13.4. The van der Waals surface area contributed by atoms with Gasteiger partial charge in [-0.15, -0.1) is 0 Å². The first-order valence-corrected chi connectivity index (χ1v) is 8.40. The van der Waals surface area contributed by atoms with E-state index in [1.54, 1.807) is 0 Å². The van der Waals surface area contributed by atoms with Crippen LogP contribution >= 0.6 is 0 Å². The van der Waals surface area contributed by atoms with Gasteiger partial charge in [-0.1, -0.05) is 40.5 Å². The van der Waals surface area contributed by atoms with Gasteiger partial charge >= 0.3 is 0 Å². The second-order valence-corrected chi connectivity index (χ2v) is 7.39. The van der Waals surface area contributed by atoms with Crippen molar-refractivity contribution in [2.75, 3.05) is 13.2 Å². The summed E-state index contributed by atoms with van der Waals surface area (Å²) >= 11 is 0. The lowest BCUT2D eigenvalue weighted by molar-refractivity contribution is -0.104. The number of rotatable bonds is 5. The van der Waals surface area contributed by atoms with Crippen molar-refractivity contribution in [1.82, 2.24) is 5.32 Å². The van der Waals surface area contributed by atoms with Crippen LogP contribution in [0.5, 0.6) is 0 Å². The molecule has 0 aromatic heterocycles. The minimum atomic E-state index is 0.280. The molecule has 2 nitrogen and oxygen atoms in total. The van der Waals surface area contributed by atoms with E-state index in [2.05, 4.69) is 33.0 Å². The summed E-state index contributed by atoms with van der Waals surface area (Å²) in [7, 11) is 0. The zero-order chi connectivity index (χ0) is 13.9. The van der Waals surface area contributed by atoms with Gasteiger partial charge in [0.05, 0.1) is 5.60 Å². The zero-order valence-electron chi connectivity index (χ0n) is 13.4. The SMILES string of the molecule is CC(C)NCC(C)C(C)C1CCOC2(CCCC2)C1. The number of nitrogens with one attached hydrogen (secondary N) is 1. The van der Waals surface area contributed by atoms with Crippen LogP contribution in [-0.4, -0.2) is 24.8 Å². The lowest BCUT2D eigenvalue weighted by Gasteiger charge is -2.42. The molecule has 1 saturated carbocycles. The van der Waals surface area contributed by atoms with Crippen molar-refractivity contribution >= 4 is 0 Å². The van der Waals surface area contributed by atoms with Crippen LogP contribution in [0.4, 0.5) is 0 Å². The van der Waals surface area contributed by atoms with Gasteiger partial charge in [0.1, 0.15) is 0 Å². The Balaban J connectivity index is 1.85. The van der Waals surface area contributed by atoms with Gasteiger partial charge in [-0.05, 0) is 50.0 Å². The van der Waals surface area contributed by atoms with E-state index >= 15 is 0 Å². The fourth-order valence-electron chi connectivity index (χ4n) is 3.95. The van der Waals surface area contributed by atoms with E-state index < -0.39 is 0 Å². The number of hydrogen-bond donors (Lipinski definition) is 1. The number of hydrogen-bond acceptors (Lipinski definition) is 2. The highest BCUT2D eigenvalue weighted by Crippen LogP contribution is 2.44. The summed E-state index contributed by atoms with van der Waals surface area (Å²) in [5, 5.41) is 3.60. The molecule has 0 aromatic rings. The van der Waals surface area contributed by atoms with Gasteiger partial charge in [0.25, 0.3) is 0 Å². The Morgan fingerprint density at radius 1 is 1.16 bits per heavy atom. The number of ether oxygens (including phenoxy) is 1.